The first kappa shape index (κ1) is 33.2. The van der Waals surface area contributed by atoms with Crippen molar-refractivity contribution in [3.63, 3.8) is 0 Å². The average molecular weight is 681 g/mol. The second-order valence-corrected chi connectivity index (χ2v) is 13.0. The van der Waals surface area contributed by atoms with E-state index in [-0.39, 0.29) is 30.2 Å². The number of alkyl halides is 1. The van der Waals surface area contributed by atoms with Crippen molar-refractivity contribution < 1.29 is 33.8 Å². The number of likely N-dealkylation sites (tertiary alicyclic amines) is 1. The zero-order chi connectivity index (χ0) is 31.6. The third kappa shape index (κ3) is 6.01. The molecule has 1 aromatic rings. The summed E-state index contributed by atoms with van der Waals surface area (Å²) < 4.78 is 12.3. The van der Waals surface area contributed by atoms with E-state index in [4.69, 9.17) is 21.1 Å². The number of aryl methyl sites for hydroxylation is 1. The lowest BCUT2D eigenvalue weighted by Gasteiger charge is -2.39. The van der Waals surface area contributed by atoms with E-state index < -0.39 is 66.1 Å². The zero-order valence-electron chi connectivity index (χ0n) is 24.6. The van der Waals surface area contributed by atoms with Crippen LogP contribution in [0.2, 0.25) is 5.02 Å². The molecule has 0 saturated carbocycles. The van der Waals surface area contributed by atoms with E-state index in [0.29, 0.717) is 23.6 Å². The molecule has 1 aromatic carbocycles. The van der Waals surface area contributed by atoms with Gasteiger partial charge >= 0.3 is 5.97 Å². The number of nitrogens with one attached hydrogen (secondary N) is 1. The lowest BCUT2D eigenvalue weighted by Crippen LogP contribution is -2.59. The number of rotatable bonds is 13. The van der Waals surface area contributed by atoms with E-state index in [1.54, 1.807) is 38.1 Å². The highest BCUT2D eigenvalue weighted by molar-refractivity contribution is 9.09. The number of anilines is 1. The minimum Gasteiger partial charge on any atom is -0.460 e. The Morgan fingerprint density at radius 1 is 1.33 bits per heavy atom. The summed E-state index contributed by atoms with van der Waals surface area (Å²) in [6.45, 7) is 12.4. The molecule has 10 nitrogen and oxygen atoms in total. The molecule has 3 aliphatic heterocycles. The standard InChI is InChI=1S/C31H39BrClN3O7/c1-6-8-12-22(38)34-15-19(5)42-30(41)23-24-28(39)36(18(4)16-37)27(31(24)14-20(32)26(23)43-31)29(40)35(13-7-2)25-17(3)10-9-11-21(25)33/h6-7,9-11,18-20,23-24,26-27,37H,1-2,8,12-16H2,3-5H3,(H,34,38)/t18-,19-,20?,23-,24+,26-,27-,31+/m1/s1. The molecule has 8 atom stereocenters. The van der Waals surface area contributed by atoms with E-state index >= 15 is 0 Å². The van der Waals surface area contributed by atoms with Crippen LogP contribution < -0.4 is 10.2 Å². The quantitative estimate of drug-likeness (QED) is 0.186. The topological polar surface area (TPSA) is 125 Å². The fourth-order valence-electron chi connectivity index (χ4n) is 6.61. The molecule has 1 spiro atoms. The smallest absolute Gasteiger partial charge is 0.312 e. The Morgan fingerprint density at radius 3 is 2.67 bits per heavy atom. The first-order valence-corrected chi connectivity index (χ1v) is 15.7. The van der Waals surface area contributed by atoms with Crippen LogP contribution in [0.15, 0.2) is 43.5 Å². The van der Waals surface area contributed by atoms with Crippen LogP contribution in [0.5, 0.6) is 0 Å². The van der Waals surface area contributed by atoms with Gasteiger partial charge in [-0.25, -0.2) is 0 Å². The SMILES string of the molecule is C=CCCC(=O)NC[C@@H](C)OC(=O)[C@H]1[C@@H]2O[C@@]3(CC2Br)[C@@H]1C(=O)N([C@H](C)CO)[C@@H]3C(=O)N(CC=C)c1c(C)cccc1Cl. The number of hydrogen-bond donors (Lipinski definition) is 2. The van der Waals surface area contributed by atoms with Gasteiger partial charge in [0.2, 0.25) is 11.8 Å². The van der Waals surface area contributed by atoms with Crippen molar-refractivity contribution in [2.75, 3.05) is 24.6 Å². The molecule has 4 rings (SSSR count). The molecule has 3 amide bonds. The van der Waals surface area contributed by atoms with E-state index in [1.165, 1.54) is 9.80 Å². The Bertz CT molecular complexity index is 1270. The first-order chi connectivity index (χ1) is 20.4. The van der Waals surface area contributed by atoms with E-state index in [1.807, 2.05) is 13.0 Å². The zero-order valence-corrected chi connectivity index (χ0v) is 27.0. The summed E-state index contributed by atoms with van der Waals surface area (Å²) in [4.78, 5) is 57.0. The van der Waals surface area contributed by atoms with Gasteiger partial charge in [-0.3, -0.25) is 19.2 Å². The van der Waals surface area contributed by atoms with Gasteiger partial charge in [-0.2, -0.15) is 0 Å². The monoisotopic (exact) mass is 679 g/mol. The molecule has 2 N–H and O–H groups in total. The van der Waals surface area contributed by atoms with Crippen LogP contribution in [0, 0.1) is 18.8 Å². The lowest BCUT2D eigenvalue weighted by molar-refractivity contribution is -0.159. The summed E-state index contributed by atoms with van der Waals surface area (Å²) >= 11 is 10.2. The summed E-state index contributed by atoms with van der Waals surface area (Å²) in [6.07, 6.45) is 2.94. The van der Waals surface area contributed by atoms with E-state index in [9.17, 15) is 24.3 Å². The Balaban J connectivity index is 1.68. The van der Waals surface area contributed by atoms with Crippen LogP contribution in [0.1, 0.15) is 38.7 Å². The molecule has 3 aliphatic rings. The molecule has 3 saturated heterocycles. The molecule has 0 aromatic heterocycles. The second-order valence-electron chi connectivity index (χ2n) is 11.5. The molecule has 3 heterocycles. The highest BCUT2D eigenvalue weighted by Gasteiger charge is 2.77. The molecular weight excluding hydrogens is 642 g/mol. The lowest BCUT2D eigenvalue weighted by atomic mass is 9.70. The van der Waals surface area contributed by atoms with Crippen LogP contribution >= 0.6 is 27.5 Å². The van der Waals surface area contributed by atoms with Crippen LogP contribution in [0.3, 0.4) is 0 Å². The Labute approximate surface area is 265 Å². The summed E-state index contributed by atoms with van der Waals surface area (Å²) in [7, 11) is 0. The van der Waals surface area contributed by atoms with Crippen LogP contribution in [-0.2, 0) is 28.7 Å². The summed E-state index contributed by atoms with van der Waals surface area (Å²) in [5, 5.41) is 13.2. The third-order valence-corrected chi connectivity index (χ3v) is 9.64. The van der Waals surface area contributed by atoms with Crippen LogP contribution in [0.25, 0.3) is 0 Å². The number of benzene rings is 1. The first-order valence-electron chi connectivity index (χ1n) is 14.4. The predicted octanol–water partition coefficient (Wildman–Crippen LogP) is 3.31. The Morgan fingerprint density at radius 2 is 2.05 bits per heavy atom. The number of aliphatic hydroxyl groups excluding tert-OH is 1. The maximum Gasteiger partial charge on any atom is 0.312 e. The van der Waals surface area contributed by atoms with Crippen molar-refractivity contribution in [3.05, 3.63) is 54.1 Å². The fraction of sp³-hybridized carbons (Fsp3) is 0.548. The molecule has 43 heavy (non-hydrogen) atoms. The van der Waals surface area contributed by atoms with Crippen molar-refractivity contribution in [2.24, 2.45) is 11.8 Å². The Kier molecular flexibility index (Phi) is 10.4. The van der Waals surface area contributed by atoms with Crippen molar-refractivity contribution in [2.45, 2.75) is 74.8 Å². The molecule has 2 bridgehead atoms. The largest absolute Gasteiger partial charge is 0.460 e. The van der Waals surface area contributed by atoms with Gasteiger partial charge in [-0.05, 0) is 45.2 Å². The van der Waals surface area contributed by atoms with Crippen molar-refractivity contribution in [3.8, 4) is 0 Å². The second kappa shape index (κ2) is 13.5. The summed E-state index contributed by atoms with van der Waals surface area (Å²) in [6, 6.07) is 3.42. The number of carbonyl (C=O) groups excluding carboxylic acids is 4. The fourth-order valence-corrected chi connectivity index (χ4v) is 7.88. The number of hydrogen-bond acceptors (Lipinski definition) is 7. The number of ether oxygens (including phenoxy) is 2. The highest BCUT2D eigenvalue weighted by atomic mass is 79.9. The number of aliphatic hydroxyl groups is 1. The highest BCUT2D eigenvalue weighted by Crippen LogP contribution is 2.61. The van der Waals surface area contributed by atoms with Gasteiger partial charge in [-0.15, -0.1) is 13.2 Å². The van der Waals surface area contributed by atoms with Crippen LogP contribution in [0.4, 0.5) is 5.69 Å². The molecule has 0 radical (unpaired) electrons. The molecule has 1 unspecified atom stereocenters. The number of allylic oxidation sites excluding steroid dienone is 1. The average Bonchev–Trinajstić information content (AvgIpc) is 3.56. The third-order valence-electron chi connectivity index (χ3n) is 8.49. The molecular formula is C31H39BrClN3O7. The Hall–Kier alpha value is -2.73. The van der Waals surface area contributed by atoms with Gasteiger partial charge in [0, 0.05) is 17.8 Å². The summed E-state index contributed by atoms with van der Waals surface area (Å²) in [5.41, 5.74) is -0.109. The van der Waals surface area contributed by atoms with Crippen LogP contribution in [-0.4, -0.2) is 88.1 Å². The van der Waals surface area contributed by atoms with Gasteiger partial charge in [0.15, 0.2) is 0 Å². The minimum atomic E-state index is -1.35. The van der Waals surface area contributed by atoms with Gasteiger partial charge in [0.1, 0.15) is 17.7 Å². The molecule has 3 fully saturated rings. The summed E-state index contributed by atoms with van der Waals surface area (Å²) in [5.74, 6) is -3.73. The van der Waals surface area contributed by atoms with Crippen molar-refractivity contribution in [1.82, 2.24) is 10.2 Å². The van der Waals surface area contributed by atoms with Gasteiger partial charge < -0.3 is 29.7 Å². The normalized spacial score (nSPS) is 28.7. The molecule has 12 heteroatoms. The number of halogens is 2. The predicted molar refractivity (Wildman–Crippen MR) is 166 cm³/mol. The molecule has 234 valence electrons. The van der Waals surface area contributed by atoms with Crippen molar-refractivity contribution in [1.29, 1.82) is 0 Å². The number of fused-ring (bicyclic) bond motifs is 1. The number of amides is 3. The van der Waals surface area contributed by atoms with Gasteiger partial charge in [0.05, 0.1) is 47.8 Å². The van der Waals surface area contributed by atoms with E-state index in [2.05, 4.69) is 34.4 Å². The number of nitrogens with zero attached hydrogens (tertiary/aromatic N) is 2. The number of carbonyl (C=O) groups is 4. The number of esters is 1. The minimum absolute atomic E-state index is 0.101. The van der Waals surface area contributed by atoms with Gasteiger partial charge in [0.25, 0.3) is 5.91 Å². The number of para-hydroxylation sites is 1. The molecule has 0 aliphatic carbocycles. The maximum absolute atomic E-state index is 14.6. The van der Waals surface area contributed by atoms with E-state index in [0.717, 1.165) is 5.56 Å². The van der Waals surface area contributed by atoms with Gasteiger partial charge in [-0.1, -0.05) is 51.8 Å². The van der Waals surface area contributed by atoms with Crippen molar-refractivity contribution >= 4 is 56.9 Å². The maximum atomic E-state index is 14.6.